The highest BCUT2D eigenvalue weighted by atomic mass is 16.5. The van der Waals surface area contributed by atoms with Crippen LogP contribution >= 0.6 is 0 Å². The lowest BCUT2D eigenvalue weighted by molar-refractivity contribution is -0.122. The van der Waals surface area contributed by atoms with Crippen molar-refractivity contribution in [2.45, 2.75) is 38.7 Å². The second kappa shape index (κ2) is 6.57. The lowest BCUT2D eigenvalue weighted by Gasteiger charge is -2.29. The average molecular weight is 266 g/mol. The molecular formula is C15H22O4. The molecule has 0 radical (unpaired) electrons. The summed E-state index contributed by atoms with van der Waals surface area (Å²) in [4.78, 5) is 11.8. The average Bonchev–Trinajstić information content (AvgIpc) is 2.30. The Balaban J connectivity index is 3.17. The van der Waals surface area contributed by atoms with Gasteiger partial charge in [-0.1, -0.05) is 12.7 Å². The lowest BCUT2D eigenvalue weighted by Crippen LogP contribution is -2.28. The van der Waals surface area contributed by atoms with Crippen molar-refractivity contribution in [2.24, 2.45) is 0 Å². The van der Waals surface area contributed by atoms with Crippen LogP contribution in [0.2, 0.25) is 0 Å². The minimum Gasteiger partial charge on any atom is -0.496 e. The first-order valence-electron chi connectivity index (χ1n) is 6.34. The van der Waals surface area contributed by atoms with Crippen molar-refractivity contribution < 1.29 is 19.4 Å². The molecule has 0 aromatic heterocycles. The Morgan fingerprint density at radius 1 is 1.53 bits per heavy atom. The van der Waals surface area contributed by atoms with Gasteiger partial charge in [0.05, 0.1) is 7.11 Å². The van der Waals surface area contributed by atoms with Crippen molar-refractivity contribution >= 4 is 5.78 Å². The maximum Gasteiger partial charge on any atom is 0.140 e. The number of hydrogen-bond acceptors (Lipinski definition) is 4. The molecule has 4 nitrogen and oxygen atoms in total. The van der Waals surface area contributed by atoms with E-state index < -0.39 is 5.60 Å². The number of Topliss-reactive ketones (excluding diaryl/α,β-unsaturated/α-hetero) is 1. The number of carbonyl (C=O) groups is 1. The number of aliphatic hydroxyl groups is 1. The number of allylic oxidation sites excluding steroid dienone is 3. The van der Waals surface area contributed by atoms with Gasteiger partial charge < -0.3 is 14.6 Å². The summed E-state index contributed by atoms with van der Waals surface area (Å²) < 4.78 is 11.1. The van der Waals surface area contributed by atoms with E-state index in [1.807, 2.05) is 13.8 Å². The summed E-state index contributed by atoms with van der Waals surface area (Å²) >= 11 is 0. The number of aliphatic hydroxyl groups excluding tert-OH is 1. The van der Waals surface area contributed by atoms with Crippen LogP contribution in [-0.2, 0) is 14.3 Å². The quantitative estimate of drug-likeness (QED) is 0.852. The summed E-state index contributed by atoms with van der Waals surface area (Å²) in [6, 6.07) is 0. The van der Waals surface area contributed by atoms with Crippen LogP contribution in [0.5, 0.6) is 0 Å². The molecule has 0 aliphatic carbocycles. The maximum absolute atomic E-state index is 11.8. The summed E-state index contributed by atoms with van der Waals surface area (Å²) in [5.74, 6) is 1.12. The van der Waals surface area contributed by atoms with Gasteiger partial charge in [0.2, 0.25) is 0 Å². The Bertz CT molecular complexity index is 416. The highest BCUT2D eigenvalue weighted by molar-refractivity contribution is 5.80. The number of carbonyl (C=O) groups excluding carboxylic acids is 1. The van der Waals surface area contributed by atoms with Crippen LogP contribution in [0, 0.1) is 0 Å². The molecule has 19 heavy (non-hydrogen) atoms. The van der Waals surface area contributed by atoms with E-state index in [0.717, 1.165) is 5.57 Å². The molecule has 0 saturated heterocycles. The highest BCUT2D eigenvalue weighted by Gasteiger charge is 2.26. The van der Waals surface area contributed by atoms with Gasteiger partial charge in [0.1, 0.15) is 22.9 Å². The number of ether oxygens (including phenoxy) is 2. The molecule has 0 fully saturated rings. The molecule has 0 unspecified atom stereocenters. The topological polar surface area (TPSA) is 55.8 Å². The Labute approximate surface area is 114 Å². The van der Waals surface area contributed by atoms with Gasteiger partial charge in [0, 0.05) is 31.4 Å². The SMILES string of the molecule is C=C1OC(C)(C)CC(=O)C/C=C\C(OC)=C/1CCO. The third-order valence-corrected chi connectivity index (χ3v) is 2.85. The molecule has 0 bridgehead atoms. The van der Waals surface area contributed by atoms with E-state index >= 15 is 0 Å². The van der Waals surface area contributed by atoms with Gasteiger partial charge in [0.25, 0.3) is 0 Å². The zero-order valence-electron chi connectivity index (χ0n) is 11.9. The molecule has 106 valence electrons. The highest BCUT2D eigenvalue weighted by Crippen LogP contribution is 2.28. The molecular weight excluding hydrogens is 244 g/mol. The zero-order chi connectivity index (χ0) is 14.5. The van der Waals surface area contributed by atoms with Crippen molar-refractivity contribution in [1.82, 2.24) is 0 Å². The largest absolute Gasteiger partial charge is 0.496 e. The van der Waals surface area contributed by atoms with Crippen molar-refractivity contribution in [3.8, 4) is 0 Å². The molecule has 1 aliphatic rings. The van der Waals surface area contributed by atoms with Crippen molar-refractivity contribution in [3.63, 3.8) is 0 Å². The van der Waals surface area contributed by atoms with Crippen LogP contribution in [0.3, 0.4) is 0 Å². The smallest absolute Gasteiger partial charge is 0.140 e. The van der Waals surface area contributed by atoms with Crippen LogP contribution in [0.1, 0.15) is 33.1 Å². The summed E-state index contributed by atoms with van der Waals surface area (Å²) in [6.07, 6.45) is 4.57. The maximum atomic E-state index is 11.8. The van der Waals surface area contributed by atoms with Gasteiger partial charge in [-0.05, 0) is 19.9 Å². The van der Waals surface area contributed by atoms with E-state index in [-0.39, 0.29) is 12.4 Å². The van der Waals surface area contributed by atoms with E-state index in [1.54, 1.807) is 19.3 Å². The summed E-state index contributed by atoms with van der Waals surface area (Å²) in [5, 5.41) is 9.15. The molecule has 0 atom stereocenters. The standard InChI is InChI=1S/C15H22O4/c1-11-13(8-9-16)14(18-4)7-5-6-12(17)10-15(2,3)19-11/h5,7,16H,1,6,8-10H2,2-4H3/b7-5-,14-13+. The van der Waals surface area contributed by atoms with E-state index in [4.69, 9.17) is 14.6 Å². The van der Waals surface area contributed by atoms with Gasteiger partial charge in [0.15, 0.2) is 0 Å². The first kappa shape index (κ1) is 15.5. The first-order chi connectivity index (χ1) is 8.89. The second-order valence-electron chi connectivity index (χ2n) is 5.13. The Kier molecular flexibility index (Phi) is 5.36. The van der Waals surface area contributed by atoms with Crippen LogP contribution < -0.4 is 0 Å². The summed E-state index contributed by atoms with van der Waals surface area (Å²) in [5.41, 5.74) is 0.113. The van der Waals surface area contributed by atoms with Gasteiger partial charge in [-0.2, -0.15) is 0 Å². The Morgan fingerprint density at radius 3 is 2.79 bits per heavy atom. The van der Waals surface area contributed by atoms with Gasteiger partial charge in [-0.25, -0.2) is 0 Å². The number of hydrogen-bond donors (Lipinski definition) is 1. The van der Waals surface area contributed by atoms with Crippen LogP contribution in [-0.4, -0.2) is 30.2 Å². The van der Waals surface area contributed by atoms with Crippen molar-refractivity contribution in [1.29, 1.82) is 0 Å². The zero-order valence-corrected chi connectivity index (χ0v) is 11.9. The van der Waals surface area contributed by atoms with Gasteiger partial charge >= 0.3 is 0 Å². The van der Waals surface area contributed by atoms with Gasteiger partial charge in [-0.3, -0.25) is 4.79 Å². The molecule has 4 heteroatoms. The van der Waals surface area contributed by atoms with E-state index in [2.05, 4.69) is 6.58 Å². The fraction of sp³-hybridized carbons (Fsp3) is 0.533. The second-order valence-corrected chi connectivity index (χ2v) is 5.13. The van der Waals surface area contributed by atoms with Crippen LogP contribution in [0.15, 0.2) is 35.8 Å². The fourth-order valence-corrected chi connectivity index (χ4v) is 2.08. The predicted octanol–water partition coefficient (Wildman–Crippen LogP) is 2.50. The molecule has 0 saturated carbocycles. The molecule has 0 aromatic rings. The monoisotopic (exact) mass is 266 g/mol. The molecule has 1 rings (SSSR count). The predicted molar refractivity (Wildman–Crippen MR) is 73.4 cm³/mol. The third-order valence-electron chi connectivity index (χ3n) is 2.85. The van der Waals surface area contributed by atoms with E-state index in [1.165, 1.54) is 0 Å². The number of methoxy groups -OCH3 is 1. The van der Waals surface area contributed by atoms with Crippen LogP contribution in [0.25, 0.3) is 0 Å². The normalized spacial score (nSPS) is 25.7. The molecule has 0 spiro atoms. The van der Waals surface area contributed by atoms with E-state index in [0.29, 0.717) is 30.8 Å². The van der Waals surface area contributed by atoms with Crippen LogP contribution in [0.4, 0.5) is 0 Å². The van der Waals surface area contributed by atoms with Crippen molar-refractivity contribution in [2.75, 3.05) is 13.7 Å². The molecule has 1 aliphatic heterocycles. The van der Waals surface area contributed by atoms with E-state index in [9.17, 15) is 4.79 Å². The third kappa shape index (κ3) is 4.56. The Morgan fingerprint density at radius 2 is 2.21 bits per heavy atom. The lowest BCUT2D eigenvalue weighted by atomic mass is 9.98. The molecule has 0 amide bonds. The summed E-state index contributed by atoms with van der Waals surface area (Å²) in [6.45, 7) is 7.58. The fourth-order valence-electron chi connectivity index (χ4n) is 2.08. The van der Waals surface area contributed by atoms with Crippen molar-refractivity contribution in [3.05, 3.63) is 35.8 Å². The minimum atomic E-state index is -0.612. The number of rotatable bonds is 3. The summed E-state index contributed by atoms with van der Waals surface area (Å²) in [7, 11) is 1.54. The molecule has 0 aromatic carbocycles. The minimum absolute atomic E-state index is 0.0161. The molecule has 1 N–H and O–H groups in total. The Hall–Kier alpha value is -1.55. The first-order valence-corrected chi connectivity index (χ1v) is 6.34. The molecule has 1 heterocycles. The van der Waals surface area contributed by atoms with Gasteiger partial charge in [-0.15, -0.1) is 0 Å². The number of ketones is 1.